The summed E-state index contributed by atoms with van der Waals surface area (Å²) in [5.74, 6) is 0. The standard InChI is InChI=1S/C20H23N/c1-15-19-10-5-4-7-16(19)11-12-17-8-6-9-18(20(15)17)13-14-21(2)3/h4-10H,1,11-14H2,2-3H3. The van der Waals surface area contributed by atoms with E-state index in [0.29, 0.717) is 0 Å². The summed E-state index contributed by atoms with van der Waals surface area (Å²) >= 11 is 0. The van der Waals surface area contributed by atoms with E-state index in [1.807, 2.05) is 0 Å². The lowest BCUT2D eigenvalue weighted by atomic mass is 9.90. The number of aryl methyl sites for hydroxylation is 2. The van der Waals surface area contributed by atoms with Crippen molar-refractivity contribution in [3.05, 3.63) is 76.9 Å². The normalized spacial score (nSPS) is 13.8. The molecule has 0 aromatic heterocycles. The summed E-state index contributed by atoms with van der Waals surface area (Å²) in [5, 5.41) is 0. The van der Waals surface area contributed by atoms with E-state index in [9.17, 15) is 0 Å². The first kappa shape index (κ1) is 14.1. The monoisotopic (exact) mass is 277 g/mol. The van der Waals surface area contributed by atoms with Gasteiger partial charge in [0.25, 0.3) is 0 Å². The van der Waals surface area contributed by atoms with Crippen LogP contribution in [0.25, 0.3) is 5.57 Å². The smallest absolute Gasteiger partial charge is 0.00159 e. The Hall–Kier alpha value is -1.86. The average Bonchev–Trinajstić information content (AvgIpc) is 2.64. The van der Waals surface area contributed by atoms with Crippen molar-refractivity contribution in [2.24, 2.45) is 0 Å². The molecule has 0 saturated heterocycles. The molecule has 0 bridgehead atoms. The fourth-order valence-corrected chi connectivity index (χ4v) is 3.24. The van der Waals surface area contributed by atoms with Gasteiger partial charge in [0, 0.05) is 6.54 Å². The molecule has 0 N–H and O–H groups in total. The highest BCUT2D eigenvalue weighted by Crippen LogP contribution is 2.34. The first-order valence-electron chi connectivity index (χ1n) is 7.70. The van der Waals surface area contributed by atoms with Gasteiger partial charge in [-0.1, -0.05) is 49.0 Å². The lowest BCUT2D eigenvalue weighted by molar-refractivity contribution is 0.413. The summed E-state index contributed by atoms with van der Waals surface area (Å²) < 4.78 is 0. The van der Waals surface area contributed by atoms with Crippen LogP contribution >= 0.6 is 0 Å². The molecule has 0 radical (unpaired) electrons. The van der Waals surface area contributed by atoms with Crippen molar-refractivity contribution < 1.29 is 0 Å². The number of nitrogens with zero attached hydrogens (tertiary/aromatic N) is 1. The van der Waals surface area contributed by atoms with Gasteiger partial charge in [-0.25, -0.2) is 0 Å². The zero-order valence-electron chi connectivity index (χ0n) is 13.0. The van der Waals surface area contributed by atoms with E-state index in [0.717, 1.165) is 25.8 Å². The predicted octanol–water partition coefficient (Wildman–Crippen LogP) is 3.95. The molecule has 0 fully saturated rings. The zero-order valence-corrected chi connectivity index (χ0v) is 13.0. The molecule has 0 amide bonds. The molecule has 1 aliphatic rings. The first-order valence-corrected chi connectivity index (χ1v) is 7.70. The highest BCUT2D eigenvalue weighted by molar-refractivity contribution is 5.84. The summed E-state index contributed by atoms with van der Waals surface area (Å²) in [6.07, 6.45) is 3.30. The Bertz CT molecular complexity index is 667. The van der Waals surface area contributed by atoms with Crippen LogP contribution in [0.2, 0.25) is 0 Å². The fourth-order valence-electron chi connectivity index (χ4n) is 3.24. The van der Waals surface area contributed by atoms with Crippen LogP contribution in [0.5, 0.6) is 0 Å². The van der Waals surface area contributed by atoms with Crippen LogP contribution in [0, 0.1) is 0 Å². The summed E-state index contributed by atoms with van der Waals surface area (Å²) in [7, 11) is 4.26. The van der Waals surface area contributed by atoms with Gasteiger partial charge in [0.1, 0.15) is 0 Å². The van der Waals surface area contributed by atoms with Crippen molar-refractivity contribution in [3.63, 3.8) is 0 Å². The molecular formula is C20H23N. The van der Waals surface area contributed by atoms with Crippen molar-refractivity contribution in [2.45, 2.75) is 19.3 Å². The molecular weight excluding hydrogens is 254 g/mol. The Kier molecular flexibility index (Phi) is 3.94. The molecule has 0 aliphatic heterocycles. The third-order valence-electron chi connectivity index (χ3n) is 4.37. The Morgan fingerprint density at radius 2 is 1.67 bits per heavy atom. The van der Waals surface area contributed by atoms with Crippen LogP contribution in [-0.2, 0) is 19.3 Å². The largest absolute Gasteiger partial charge is 0.309 e. The molecule has 0 spiro atoms. The van der Waals surface area contributed by atoms with Crippen LogP contribution in [0.15, 0.2) is 49.0 Å². The van der Waals surface area contributed by atoms with Gasteiger partial charge >= 0.3 is 0 Å². The molecule has 0 atom stereocenters. The number of fused-ring (bicyclic) bond motifs is 2. The van der Waals surface area contributed by atoms with Crippen LogP contribution in [-0.4, -0.2) is 25.5 Å². The van der Waals surface area contributed by atoms with Crippen molar-refractivity contribution in [1.29, 1.82) is 0 Å². The number of likely N-dealkylation sites (N-methyl/N-ethyl adjacent to an activating group) is 1. The molecule has 2 aromatic carbocycles. The number of benzene rings is 2. The Labute approximate surface area is 127 Å². The second-order valence-electron chi connectivity index (χ2n) is 6.14. The summed E-state index contributed by atoms with van der Waals surface area (Å²) in [6, 6.07) is 15.5. The van der Waals surface area contributed by atoms with Crippen molar-refractivity contribution in [1.82, 2.24) is 4.90 Å². The van der Waals surface area contributed by atoms with Gasteiger partial charge in [-0.05, 0) is 66.7 Å². The molecule has 1 nitrogen and oxygen atoms in total. The van der Waals surface area contributed by atoms with Gasteiger partial charge < -0.3 is 4.90 Å². The molecule has 1 aliphatic carbocycles. The van der Waals surface area contributed by atoms with Crippen LogP contribution in [0.3, 0.4) is 0 Å². The second kappa shape index (κ2) is 5.87. The van der Waals surface area contributed by atoms with Gasteiger partial charge in [0.2, 0.25) is 0 Å². The highest BCUT2D eigenvalue weighted by Gasteiger charge is 2.18. The van der Waals surface area contributed by atoms with Crippen LogP contribution in [0.1, 0.15) is 27.8 Å². The molecule has 0 unspecified atom stereocenters. The van der Waals surface area contributed by atoms with E-state index in [1.165, 1.54) is 33.4 Å². The molecule has 21 heavy (non-hydrogen) atoms. The van der Waals surface area contributed by atoms with Gasteiger partial charge in [-0.2, -0.15) is 0 Å². The van der Waals surface area contributed by atoms with Crippen molar-refractivity contribution in [3.8, 4) is 0 Å². The summed E-state index contributed by atoms with van der Waals surface area (Å²) in [4.78, 5) is 2.24. The molecule has 0 saturated carbocycles. The molecule has 1 heteroatoms. The quantitative estimate of drug-likeness (QED) is 0.821. The minimum absolute atomic E-state index is 1.07. The SMILES string of the molecule is C=C1c2ccccc2CCc2cccc(CCN(C)C)c21. The lowest BCUT2D eigenvalue weighted by Gasteiger charge is -2.17. The van der Waals surface area contributed by atoms with Crippen LogP contribution < -0.4 is 0 Å². The third kappa shape index (κ3) is 2.79. The van der Waals surface area contributed by atoms with Crippen molar-refractivity contribution >= 4 is 5.57 Å². The van der Waals surface area contributed by atoms with Gasteiger partial charge in [0.05, 0.1) is 0 Å². The molecule has 3 rings (SSSR count). The van der Waals surface area contributed by atoms with Gasteiger partial charge in [-0.15, -0.1) is 0 Å². The topological polar surface area (TPSA) is 3.24 Å². The number of hydrogen-bond donors (Lipinski definition) is 0. The van der Waals surface area contributed by atoms with E-state index in [1.54, 1.807) is 0 Å². The Morgan fingerprint density at radius 1 is 0.952 bits per heavy atom. The minimum Gasteiger partial charge on any atom is -0.309 e. The summed E-state index contributed by atoms with van der Waals surface area (Å²) in [6.45, 7) is 5.51. The zero-order chi connectivity index (χ0) is 14.8. The predicted molar refractivity (Wildman–Crippen MR) is 90.7 cm³/mol. The lowest BCUT2D eigenvalue weighted by Crippen LogP contribution is -2.16. The van der Waals surface area contributed by atoms with Gasteiger partial charge in [0.15, 0.2) is 0 Å². The van der Waals surface area contributed by atoms with E-state index in [-0.39, 0.29) is 0 Å². The average molecular weight is 277 g/mol. The van der Waals surface area contributed by atoms with E-state index >= 15 is 0 Å². The van der Waals surface area contributed by atoms with E-state index < -0.39 is 0 Å². The Balaban J connectivity index is 2.06. The van der Waals surface area contributed by atoms with Crippen molar-refractivity contribution in [2.75, 3.05) is 20.6 Å². The number of hydrogen-bond acceptors (Lipinski definition) is 1. The fraction of sp³-hybridized carbons (Fsp3) is 0.300. The maximum absolute atomic E-state index is 4.43. The highest BCUT2D eigenvalue weighted by atomic mass is 15.0. The van der Waals surface area contributed by atoms with Gasteiger partial charge in [-0.3, -0.25) is 0 Å². The Morgan fingerprint density at radius 3 is 2.48 bits per heavy atom. The first-order chi connectivity index (χ1) is 10.2. The van der Waals surface area contributed by atoms with E-state index in [4.69, 9.17) is 0 Å². The van der Waals surface area contributed by atoms with Crippen LogP contribution in [0.4, 0.5) is 0 Å². The molecule has 2 aromatic rings. The third-order valence-corrected chi connectivity index (χ3v) is 4.37. The number of rotatable bonds is 3. The molecule has 0 heterocycles. The van der Waals surface area contributed by atoms with E-state index in [2.05, 4.69) is 68.0 Å². The minimum atomic E-state index is 1.07. The molecule has 108 valence electrons. The maximum Gasteiger partial charge on any atom is 0.00159 e. The second-order valence-corrected chi connectivity index (χ2v) is 6.14. The maximum atomic E-state index is 4.43. The summed E-state index contributed by atoms with van der Waals surface area (Å²) in [5.41, 5.74) is 8.23.